The Morgan fingerprint density at radius 1 is 1.26 bits per heavy atom. The summed E-state index contributed by atoms with van der Waals surface area (Å²) in [5.41, 5.74) is 9.16. The van der Waals surface area contributed by atoms with Crippen LogP contribution in [0.15, 0.2) is 12.1 Å². The van der Waals surface area contributed by atoms with E-state index in [2.05, 4.69) is 0 Å². The molecule has 0 bridgehead atoms. The summed E-state index contributed by atoms with van der Waals surface area (Å²) in [7, 11) is 0. The Balaban J connectivity index is 0.00000324. The number of rotatable bonds is 4. The van der Waals surface area contributed by atoms with Gasteiger partial charge in [0.05, 0.1) is 10.6 Å². The lowest BCUT2D eigenvalue weighted by Gasteiger charge is -2.19. The van der Waals surface area contributed by atoms with Crippen molar-refractivity contribution in [1.82, 2.24) is 0 Å². The Bertz CT molecular complexity index is 424. The molecule has 0 saturated carbocycles. The average molecular weight is 321 g/mol. The third kappa shape index (κ3) is 4.49. The van der Waals surface area contributed by atoms with Crippen molar-refractivity contribution in [3.05, 3.63) is 34.1 Å². The fourth-order valence-corrected chi connectivity index (χ4v) is 1.82. The van der Waals surface area contributed by atoms with Crippen molar-refractivity contribution in [1.29, 1.82) is 0 Å². The lowest BCUT2D eigenvalue weighted by atomic mass is 9.96. The minimum Gasteiger partial charge on any atom is -0.330 e. The van der Waals surface area contributed by atoms with Gasteiger partial charge in [-0.3, -0.25) is 0 Å². The lowest BCUT2D eigenvalue weighted by molar-refractivity contribution is -0.138. The number of alkyl halides is 3. The van der Waals surface area contributed by atoms with Crippen molar-refractivity contribution >= 4 is 24.0 Å². The van der Waals surface area contributed by atoms with Gasteiger partial charge >= 0.3 is 6.18 Å². The zero-order chi connectivity index (χ0) is 13.9. The van der Waals surface area contributed by atoms with Crippen LogP contribution in [0.4, 0.5) is 17.6 Å². The highest BCUT2D eigenvalue weighted by Crippen LogP contribution is 2.38. The van der Waals surface area contributed by atoms with E-state index in [4.69, 9.17) is 23.1 Å². The Morgan fingerprint density at radius 3 is 2.32 bits per heavy atom. The molecule has 0 amide bonds. The van der Waals surface area contributed by atoms with E-state index in [-0.39, 0.29) is 30.4 Å². The molecule has 0 aliphatic rings. The lowest BCUT2D eigenvalue weighted by Crippen LogP contribution is -2.20. The standard InChI is InChI=1S/C11H13ClF4N2.ClH/c12-7-4-3-6(11(14,15)16)9(10(7)13)8(18)2-1-5-17;/h3-4,8H,1-2,5,17-18H2;1H/t8-;/m1./s1. The highest BCUT2D eigenvalue weighted by Gasteiger charge is 2.36. The fraction of sp³-hybridized carbons (Fsp3) is 0.455. The quantitative estimate of drug-likeness (QED) is 0.832. The van der Waals surface area contributed by atoms with Gasteiger partial charge in [0.1, 0.15) is 5.82 Å². The van der Waals surface area contributed by atoms with Crippen molar-refractivity contribution in [3.8, 4) is 0 Å². The van der Waals surface area contributed by atoms with Crippen molar-refractivity contribution in [2.24, 2.45) is 11.5 Å². The molecule has 110 valence electrons. The van der Waals surface area contributed by atoms with E-state index < -0.39 is 29.2 Å². The SMILES string of the molecule is Cl.NCCC[C@@H](N)c1c(C(F)(F)F)ccc(Cl)c1F. The first-order valence-electron chi connectivity index (χ1n) is 5.29. The van der Waals surface area contributed by atoms with Crippen molar-refractivity contribution in [3.63, 3.8) is 0 Å². The Kier molecular flexibility index (Phi) is 7.07. The van der Waals surface area contributed by atoms with Gasteiger partial charge in [-0.05, 0) is 31.5 Å². The smallest absolute Gasteiger partial charge is 0.330 e. The Labute approximate surface area is 119 Å². The van der Waals surface area contributed by atoms with E-state index in [1.807, 2.05) is 0 Å². The largest absolute Gasteiger partial charge is 0.416 e. The second kappa shape index (κ2) is 7.28. The van der Waals surface area contributed by atoms with Crippen LogP contribution in [0.1, 0.15) is 30.0 Å². The molecule has 2 nitrogen and oxygen atoms in total. The fourth-order valence-electron chi connectivity index (χ4n) is 1.66. The maximum atomic E-state index is 13.7. The zero-order valence-electron chi connectivity index (χ0n) is 9.81. The molecular weight excluding hydrogens is 307 g/mol. The predicted octanol–water partition coefficient (Wildman–Crippen LogP) is 3.66. The van der Waals surface area contributed by atoms with Crippen molar-refractivity contribution < 1.29 is 17.6 Å². The average Bonchev–Trinajstić information content (AvgIpc) is 2.27. The van der Waals surface area contributed by atoms with Crippen LogP contribution in [0.2, 0.25) is 5.02 Å². The van der Waals surface area contributed by atoms with E-state index in [1.165, 1.54) is 0 Å². The number of nitrogens with two attached hydrogens (primary N) is 2. The number of hydrogen-bond donors (Lipinski definition) is 2. The first-order valence-corrected chi connectivity index (χ1v) is 5.67. The van der Waals surface area contributed by atoms with Gasteiger partial charge in [-0.2, -0.15) is 13.2 Å². The molecule has 19 heavy (non-hydrogen) atoms. The third-order valence-corrected chi connectivity index (χ3v) is 2.82. The molecule has 8 heteroatoms. The molecule has 0 unspecified atom stereocenters. The van der Waals surface area contributed by atoms with Crippen molar-refractivity contribution in [2.75, 3.05) is 6.54 Å². The number of benzene rings is 1. The molecule has 0 aliphatic carbocycles. The van der Waals surface area contributed by atoms with Crippen LogP contribution in [0, 0.1) is 5.82 Å². The number of hydrogen-bond acceptors (Lipinski definition) is 2. The Hall–Kier alpha value is -0.560. The Morgan fingerprint density at radius 2 is 1.84 bits per heavy atom. The van der Waals surface area contributed by atoms with E-state index in [0.717, 1.165) is 12.1 Å². The highest BCUT2D eigenvalue weighted by atomic mass is 35.5. The molecule has 0 fully saturated rings. The third-order valence-electron chi connectivity index (χ3n) is 2.53. The monoisotopic (exact) mass is 320 g/mol. The summed E-state index contributed by atoms with van der Waals surface area (Å²) in [6, 6.07) is 0.533. The van der Waals surface area contributed by atoms with Gasteiger partial charge in [-0.1, -0.05) is 11.6 Å². The molecule has 1 atom stereocenters. The summed E-state index contributed by atoms with van der Waals surface area (Å²) >= 11 is 5.49. The summed E-state index contributed by atoms with van der Waals surface area (Å²) in [4.78, 5) is 0. The molecular formula is C11H14Cl2F4N2. The first-order chi connectivity index (χ1) is 8.29. The van der Waals surface area contributed by atoms with Gasteiger partial charge in [0.2, 0.25) is 0 Å². The van der Waals surface area contributed by atoms with Crippen LogP contribution in [-0.4, -0.2) is 6.54 Å². The molecule has 4 N–H and O–H groups in total. The summed E-state index contributed by atoms with van der Waals surface area (Å²) < 4.78 is 52.0. The van der Waals surface area contributed by atoms with Crippen LogP contribution in [0.25, 0.3) is 0 Å². The second-order valence-electron chi connectivity index (χ2n) is 3.86. The predicted molar refractivity (Wildman–Crippen MR) is 68.9 cm³/mol. The summed E-state index contributed by atoms with van der Waals surface area (Å²) in [6.07, 6.45) is -4.09. The van der Waals surface area contributed by atoms with E-state index in [0.29, 0.717) is 6.42 Å². The molecule has 0 aromatic heterocycles. The normalized spacial score (nSPS) is 13.0. The van der Waals surface area contributed by atoms with E-state index in [1.54, 1.807) is 0 Å². The highest BCUT2D eigenvalue weighted by molar-refractivity contribution is 6.30. The maximum absolute atomic E-state index is 13.7. The minimum absolute atomic E-state index is 0. The molecule has 1 aromatic rings. The summed E-state index contributed by atoms with van der Waals surface area (Å²) in [5, 5.41) is -0.374. The second-order valence-corrected chi connectivity index (χ2v) is 4.26. The van der Waals surface area contributed by atoms with Crippen molar-refractivity contribution in [2.45, 2.75) is 25.1 Å². The molecule has 0 heterocycles. The summed E-state index contributed by atoms with van der Waals surface area (Å²) in [6.45, 7) is 0.275. The van der Waals surface area contributed by atoms with Crippen LogP contribution >= 0.6 is 24.0 Å². The van der Waals surface area contributed by atoms with Gasteiger partial charge in [-0.25, -0.2) is 4.39 Å². The van der Waals surface area contributed by atoms with Crippen LogP contribution < -0.4 is 11.5 Å². The first kappa shape index (κ1) is 18.4. The minimum atomic E-state index is -4.67. The molecule has 0 saturated heterocycles. The van der Waals surface area contributed by atoms with E-state index in [9.17, 15) is 17.6 Å². The van der Waals surface area contributed by atoms with Crippen LogP contribution in [-0.2, 0) is 6.18 Å². The zero-order valence-corrected chi connectivity index (χ0v) is 11.4. The molecule has 1 rings (SSSR count). The number of halogens is 6. The van der Waals surface area contributed by atoms with Crippen LogP contribution in [0.3, 0.4) is 0 Å². The van der Waals surface area contributed by atoms with Gasteiger partial charge in [0, 0.05) is 11.6 Å². The van der Waals surface area contributed by atoms with Gasteiger partial charge in [0.15, 0.2) is 0 Å². The van der Waals surface area contributed by atoms with Gasteiger partial charge in [0.25, 0.3) is 0 Å². The van der Waals surface area contributed by atoms with E-state index >= 15 is 0 Å². The maximum Gasteiger partial charge on any atom is 0.416 e. The molecule has 0 aliphatic heterocycles. The molecule has 1 aromatic carbocycles. The van der Waals surface area contributed by atoms with Crippen LogP contribution in [0.5, 0.6) is 0 Å². The van der Waals surface area contributed by atoms with Gasteiger partial charge in [-0.15, -0.1) is 12.4 Å². The topological polar surface area (TPSA) is 52.0 Å². The van der Waals surface area contributed by atoms with Gasteiger partial charge < -0.3 is 11.5 Å². The molecule has 0 radical (unpaired) electrons. The summed E-state index contributed by atoms with van der Waals surface area (Å²) in [5.74, 6) is -1.11. The molecule has 0 spiro atoms.